The molecular weight excluding hydrogens is 454 g/mol. The maximum atomic E-state index is 5.94. The van der Waals surface area contributed by atoms with Gasteiger partial charge in [-0.05, 0) is 43.9 Å². The van der Waals surface area contributed by atoms with Crippen LogP contribution in [0.1, 0.15) is 31.1 Å². The molecule has 34 heavy (non-hydrogen) atoms. The van der Waals surface area contributed by atoms with Crippen LogP contribution in [-0.2, 0) is 11.2 Å². The van der Waals surface area contributed by atoms with Gasteiger partial charge in [-0.2, -0.15) is 0 Å². The van der Waals surface area contributed by atoms with E-state index < -0.39 is 0 Å². The third-order valence-electron chi connectivity index (χ3n) is 5.64. The van der Waals surface area contributed by atoms with Crippen molar-refractivity contribution < 1.29 is 4.74 Å². The van der Waals surface area contributed by atoms with Gasteiger partial charge in [-0.1, -0.05) is 29.8 Å². The minimum Gasteiger partial charge on any atom is -0.358 e. The molecule has 0 spiro atoms. The van der Waals surface area contributed by atoms with Gasteiger partial charge in [0.2, 0.25) is 0 Å². The summed E-state index contributed by atoms with van der Waals surface area (Å²) in [5, 5.41) is 0.388. The van der Waals surface area contributed by atoms with Gasteiger partial charge in [-0.15, -0.1) is 0 Å². The van der Waals surface area contributed by atoms with Crippen molar-refractivity contribution in [2.24, 2.45) is 5.73 Å². The maximum absolute atomic E-state index is 5.94. The molecule has 5 heterocycles. The van der Waals surface area contributed by atoms with Gasteiger partial charge in [0.1, 0.15) is 29.9 Å². The predicted octanol–water partition coefficient (Wildman–Crippen LogP) is 3.70. The van der Waals surface area contributed by atoms with E-state index in [1.807, 2.05) is 16.7 Å². The summed E-state index contributed by atoms with van der Waals surface area (Å²) in [6.07, 6.45) is 10.5. The standard InChI is InChI=1S/C13H13N5.C10H11ClN4O/c14-5-4-9-2-1-3-10(6-9)11-12-13(17-7-15-11)18-8-16-12;11-9-8-10(13-5-12-9)15(6-14-8)7-3-1-2-4-16-7/h1-3,6-8H,4-5,14H2,(H,15,16,17,18);5-7H,1-4H2. The van der Waals surface area contributed by atoms with Gasteiger partial charge < -0.3 is 15.5 Å². The second-order valence-electron chi connectivity index (χ2n) is 7.87. The van der Waals surface area contributed by atoms with Gasteiger partial charge >= 0.3 is 0 Å². The topological polar surface area (TPSA) is 133 Å². The Kier molecular flexibility index (Phi) is 6.70. The van der Waals surface area contributed by atoms with E-state index in [0.717, 1.165) is 48.3 Å². The first-order chi connectivity index (χ1) is 16.7. The monoisotopic (exact) mass is 477 g/mol. The van der Waals surface area contributed by atoms with Crippen LogP contribution in [0, 0.1) is 0 Å². The molecule has 0 bridgehead atoms. The smallest absolute Gasteiger partial charge is 0.181 e. The summed E-state index contributed by atoms with van der Waals surface area (Å²) in [7, 11) is 0. The molecule has 10 nitrogen and oxygen atoms in total. The highest BCUT2D eigenvalue weighted by Crippen LogP contribution is 2.27. The van der Waals surface area contributed by atoms with E-state index in [1.54, 1.807) is 12.7 Å². The SMILES string of the molecule is Clc1ncnc2c1ncn2C1CCCCO1.NCCc1cccc(-c2ncnc3nc[nH]c23)c1. The highest BCUT2D eigenvalue weighted by Gasteiger charge is 2.19. The number of hydrogen-bond acceptors (Lipinski definition) is 8. The molecule has 1 saturated heterocycles. The Balaban J connectivity index is 0.000000142. The van der Waals surface area contributed by atoms with E-state index in [0.29, 0.717) is 22.9 Å². The number of aromatic amines is 1. The van der Waals surface area contributed by atoms with Crippen LogP contribution in [0.25, 0.3) is 33.6 Å². The molecule has 4 aromatic heterocycles. The van der Waals surface area contributed by atoms with E-state index >= 15 is 0 Å². The predicted molar refractivity (Wildman–Crippen MR) is 129 cm³/mol. The number of H-pyrrole nitrogens is 1. The molecule has 174 valence electrons. The van der Waals surface area contributed by atoms with Crippen LogP contribution in [0.3, 0.4) is 0 Å². The quantitative estimate of drug-likeness (QED) is 0.374. The van der Waals surface area contributed by atoms with Gasteiger partial charge in [0.15, 0.2) is 16.4 Å². The van der Waals surface area contributed by atoms with Gasteiger partial charge in [-0.3, -0.25) is 4.57 Å². The number of nitrogens with two attached hydrogens (primary N) is 1. The lowest BCUT2D eigenvalue weighted by Gasteiger charge is -2.23. The van der Waals surface area contributed by atoms with Crippen LogP contribution in [0.15, 0.2) is 49.6 Å². The third kappa shape index (κ3) is 4.60. The van der Waals surface area contributed by atoms with Crippen LogP contribution in [0.2, 0.25) is 5.15 Å². The number of halogens is 1. The highest BCUT2D eigenvalue weighted by atomic mass is 35.5. The molecule has 0 amide bonds. The fourth-order valence-corrected chi connectivity index (χ4v) is 4.18. The molecular formula is C23H24ClN9O. The normalized spacial score (nSPS) is 15.9. The number of rotatable bonds is 4. The molecule has 5 aromatic rings. The summed E-state index contributed by atoms with van der Waals surface area (Å²) in [5.74, 6) is 0. The van der Waals surface area contributed by atoms with Crippen molar-refractivity contribution in [1.82, 2.24) is 39.5 Å². The van der Waals surface area contributed by atoms with E-state index in [4.69, 9.17) is 22.1 Å². The first-order valence-corrected chi connectivity index (χ1v) is 11.5. The number of benzene rings is 1. The fraction of sp³-hybridized carbons (Fsp3) is 0.304. The molecule has 1 aromatic carbocycles. The van der Waals surface area contributed by atoms with Crippen LogP contribution >= 0.6 is 11.6 Å². The molecule has 0 aliphatic carbocycles. The summed E-state index contributed by atoms with van der Waals surface area (Å²) < 4.78 is 7.62. The Morgan fingerprint density at radius 2 is 2.00 bits per heavy atom. The largest absolute Gasteiger partial charge is 0.358 e. The van der Waals surface area contributed by atoms with Crippen LogP contribution in [-0.4, -0.2) is 52.6 Å². The van der Waals surface area contributed by atoms with Crippen molar-refractivity contribution in [2.75, 3.05) is 13.2 Å². The second kappa shape index (κ2) is 10.2. The first kappa shape index (κ1) is 22.3. The molecule has 1 fully saturated rings. The van der Waals surface area contributed by atoms with Crippen molar-refractivity contribution >= 4 is 33.9 Å². The van der Waals surface area contributed by atoms with Crippen molar-refractivity contribution in [1.29, 1.82) is 0 Å². The van der Waals surface area contributed by atoms with E-state index in [9.17, 15) is 0 Å². The Labute approximate surface area is 200 Å². The third-order valence-corrected chi connectivity index (χ3v) is 5.91. The number of aromatic nitrogens is 8. The van der Waals surface area contributed by atoms with E-state index in [-0.39, 0.29) is 6.23 Å². The molecule has 6 rings (SSSR count). The minimum atomic E-state index is 0.0321. The zero-order chi connectivity index (χ0) is 23.3. The summed E-state index contributed by atoms with van der Waals surface area (Å²) >= 11 is 5.94. The Bertz CT molecular complexity index is 1390. The van der Waals surface area contributed by atoms with Gasteiger partial charge in [0.05, 0.1) is 18.3 Å². The summed E-state index contributed by atoms with van der Waals surface area (Å²) in [5.41, 5.74) is 11.6. The average Bonchev–Trinajstić information content (AvgIpc) is 3.53. The summed E-state index contributed by atoms with van der Waals surface area (Å²) in [6.45, 7) is 1.44. The number of nitrogens with one attached hydrogen (secondary N) is 1. The second-order valence-corrected chi connectivity index (χ2v) is 8.23. The van der Waals surface area contributed by atoms with E-state index in [2.05, 4.69) is 47.0 Å². The molecule has 1 aliphatic rings. The van der Waals surface area contributed by atoms with Gasteiger partial charge in [-0.25, -0.2) is 29.9 Å². The Hall–Kier alpha value is -3.47. The van der Waals surface area contributed by atoms with Crippen LogP contribution < -0.4 is 5.73 Å². The number of hydrogen-bond donors (Lipinski definition) is 2. The van der Waals surface area contributed by atoms with Crippen molar-refractivity contribution in [3.05, 3.63) is 60.3 Å². The zero-order valence-electron chi connectivity index (χ0n) is 18.4. The van der Waals surface area contributed by atoms with Crippen molar-refractivity contribution in [3.8, 4) is 11.3 Å². The van der Waals surface area contributed by atoms with E-state index in [1.165, 1.54) is 24.6 Å². The number of nitrogens with zero attached hydrogens (tertiary/aromatic N) is 7. The highest BCUT2D eigenvalue weighted by molar-refractivity contribution is 6.33. The number of fused-ring (bicyclic) bond motifs is 2. The Morgan fingerprint density at radius 1 is 1.09 bits per heavy atom. The molecule has 1 atom stereocenters. The first-order valence-electron chi connectivity index (χ1n) is 11.1. The fourth-order valence-electron chi connectivity index (χ4n) is 4.00. The van der Waals surface area contributed by atoms with Gasteiger partial charge in [0, 0.05) is 12.2 Å². The minimum absolute atomic E-state index is 0.0321. The van der Waals surface area contributed by atoms with Gasteiger partial charge in [0.25, 0.3) is 0 Å². The van der Waals surface area contributed by atoms with Crippen molar-refractivity contribution in [3.63, 3.8) is 0 Å². The lowest BCUT2D eigenvalue weighted by molar-refractivity contribution is -0.0298. The lowest BCUT2D eigenvalue weighted by Crippen LogP contribution is -2.17. The van der Waals surface area contributed by atoms with Crippen LogP contribution in [0.4, 0.5) is 0 Å². The van der Waals surface area contributed by atoms with Crippen LogP contribution in [0.5, 0.6) is 0 Å². The molecule has 0 saturated carbocycles. The molecule has 1 aliphatic heterocycles. The van der Waals surface area contributed by atoms with Crippen molar-refractivity contribution in [2.45, 2.75) is 31.9 Å². The number of imidazole rings is 2. The summed E-state index contributed by atoms with van der Waals surface area (Å²) in [4.78, 5) is 28.0. The summed E-state index contributed by atoms with van der Waals surface area (Å²) in [6, 6.07) is 8.23. The molecule has 3 N–H and O–H groups in total. The lowest BCUT2D eigenvalue weighted by atomic mass is 10.1. The molecule has 11 heteroatoms. The average molecular weight is 478 g/mol. The Morgan fingerprint density at radius 3 is 2.85 bits per heavy atom. The maximum Gasteiger partial charge on any atom is 0.181 e. The number of ether oxygens (including phenoxy) is 1. The molecule has 0 radical (unpaired) electrons. The molecule has 1 unspecified atom stereocenters. The zero-order valence-corrected chi connectivity index (χ0v) is 19.2.